The fourth-order valence-electron chi connectivity index (χ4n) is 4.51. The van der Waals surface area contributed by atoms with Crippen LogP contribution in [0.15, 0.2) is 59.3 Å². The molecule has 2 heterocycles. The third-order valence-electron chi connectivity index (χ3n) is 5.82. The van der Waals surface area contributed by atoms with Gasteiger partial charge >= 0.3 is 0 Å². The fourth-order valence-corrected chi connectivity index (χ4v) is 4.51. The number of benzene rings is 2. The Morgan fingerprint density at radius 3 is 2.69 bits per heavy atom. The summed E-state index contributed by atoms with van der Waals surface area (Å²) in [7, 11) is 0. The van der Waals surface area contributed by atoms with Crippen molar-refractivity contribution >= 4 is 21.7 Å². The minimum absolute atomic E-state index is 0.723. The van der Waals surface area contributed by atoms with Crippen LogP contribution in [0.25, 0.3) is 33.0 Å². The first-order valence-electron chi connectivity index (χ1n) is 9.66. The van der Waals surface area contributed by atoms with Crippen molar-refractivity contribution in [1.29, 1.82) is 0 Å². The zero-order valence-corrected chi connectivity index (χ0v) is 15.2. The van der Waals surface area contributed by atoms with Gasteiger partial charge in [-0.1, -0.05) is 37.5 Å². The molecular weight excluding hydrogens is 318 g/mol. The van der Waals surface area contributed by atoms with Crippen LogP contribution in [0, 0.1) is 6.92 Å². The highest BCUT2D eigenvalue weighted by Crippen LogP contribution is 2.37. The van der Waals surface area contributed by atoms with Gasteiger partial charge in [0.15, 0.2) is 0 Å². The predicted octanol–water partition coefficient (Wildman–Crippen LogP) is 7.00. The molecule has 2 nitrogen and oxygen atoms in total. The first kappa shape index (κ1) is 15.6. The van der Waals surface area contributed by atoms with Crippen molar-refractivity contribution in [2.24, 2.45) is 0 Å². The van der Waals surface area contributed by atoms with E-state index in [9.17, 15) is 0 Å². The summed E-state index contributed by atoms with van der Waals surface area (Å²) >= 11 is 0. The Balaban J connectivity index is 1.67. The van der Waals surface area contributed by atoms with Gasteiger partial charge in [-0.3, -0.25) is 4.98 Å². The smallest absolute Gasteiger partial charge is 0.143 e. The highest BCUT2D eigenvalue weighted by atomic mass is 16.3. The van der Waals surface area contributed by atoms with Crippen molar-refractivity contribution in [3.63, 3.8) is 0 Å². The van der Waals surface area contributed by atoms with E-state index in [4.69, 9.17) is 9.40 Å². The highest BCUT2D eigenvalue weighted by molar-refractivity contribution is 6.02. The first-order chi connectivity index (χ1) is 12.8. The number of aryl methyl sites for hydroxylation is 1. The summed E-state index contributed by atoms with van der Waals surface area (Å²) in [5.41, 5.74) is 5.74. The lowest BCUT2D eigenvalue weighted by molar-refractivity contribution is 0.444. The van der Waals surface area contributed by atoms with Gasteiger partial charge in [0.2, 0.25) is 0 Å². The van der Waals surface area contributed by atoms with Crippen molar-refractivity contribution in [3.05, 3.63) is 66.1 Å². The SMILES string of the molecule is Cc1cc(-c2nccc3cc(C4CCCCC4)ccc23)c2occc2c1. The molecule has 0 saturated heterocycles. The molecule has 26 heavy (non-hydrogen) atoms. The second-order valence-corrected chi connectivity index (χ2v) is 7.63. The molecule has 0 radical (unpaired) electrons. The molecule has 0 aliphatic heterocycles. The van der Waals surface area contributed by atoms with E-state index in [1.807, 2.05) is 12.3 Å². The largest absolute Gasteiger partial charge is 0.464 e. The van der Waals surface area contributed by atoms with Crippen molar-refractivity contribution < 1.29 is 4.42 Å². The molecule has 0 spiro atoms. The molecule has 2 aromatic heterocycles. The van der Waals surface area contributed by atoms with Crippen LogP contribution in [0.1, 0.15) is 49.1 Å². The number of hydrogen-bond acceptors (Lipinski definition) is 2. The molecule has 1 aliphatic carbocycles. The van der Waals surface area contributed by atoms with E-state index < -0.39 is 0 Å². The van der Waals surface area contributed by atoms with E-state index in [0.717, 1.165) is 28.1 Å². The average molecular weight is 341 g/mol. The molecular formula is C24H23NO. The molecule has 2 heteroatoms. The molecule has 4 aromatic rings. The standard InChI is InChI=1S/C24H23NO/c1-16-13-20-10-12-26-24(20)22(14-16)23-21-8-7-18(15-19(21)9-11-25-23)17-5-3-2-4-6-17/h7-15,17H,2-6H2,1H3. The van der Waals surface area contributed by atoms with Crippen molar-refractivity contribution in [3.8, 4) is 11.3 Å². The topological polar surface area (TPSA) is 26.0 Å². The van der Waals surface area contributed by atoms with Gasteiger partial charge in [-0.25, -0.2) is 0 Å². The summed E-state index contributed by atoms with van der Waals surface area (Å²) in [6, 6.07) is 15.5. The maximum Gasteiger partial charge on any atom is 0.143 e. The number of pyridine rings is 1. The van der Waals surface area contributed by atoms with Gasteiger partial charge in [-0.15, -0.1) is 0 Å². The summed E-state index contributed by atoms with van der Waals surface area (Å²) in [6.45, 7) is 2.13. The van der Waals surface area contributed by atoms with E-state index in [2.05, 4.69) is 43.3 Å². The lowest BCUT2D eigenvalue weighted by Crippen LogP contribution is -2.04. The Labute approximate surface area is 153 Å². The third-order valence-corrected chi connectivity index (χ3v) is 5.82. The number of hydrogen-bond donors (Lipinski definition) is 0. The molecule has 2 aromatic carbocycles. The Kier molecular flexibility index (Phi) is 3.77. The Hall–Kier alpha value is -2.61. The van der Waals surface area contributed by atoms with Crippen molar-refractivity contribution in [1.82, 2.24) is 4.98 Å². The predicted molar refractivity (Wildman–Crippen MR) is 108 cm³/mol. The van der Waals surface area contributed by atoms with Crippen molar-refractivity contribution in [2.45, 2.75) is 44.9 Å². The molecule has 0 N–H and O–H groups in total. The van der Waals surface area contributed by atoms with E-state index in [-0.39, 0.29) is 0 Å². The Morgan fingerprint density at radius 2 is 1.81 bits per heavy atom. The molecule has 130 valence electrons. The summed E-state index contributed by atoms with van der Waals surface area (Å²) < 4.78 is 5.79. The minimum Gasteiger partial charge on any atom is -0.464 e. The number of fused-ring (bicyclic) bond motifs is 2. The van der Waals surface area contributed by atoms with E-state index in [1.165, 1.54) is 54.0 Å². The van der Waals surface area contributed by atoms with E-state index in [1.54, 1.807) is 6.26 Å². The summed E-state index contributed by atoms with van der Waals surface area (Å²) in [5, 5.41) is 3.62. The normalized spacial score (nSPS) is 15.7. The van der Waals surface area contributed by atoms with Crippen LogP contribution in [0.5, 0.6) is 0 Å². The molecule has 5 rings (SSSR count). The van der Waals surface area contributed by atoms with Gasteiger partial charge in [0.1, 0.15) is 5.58 Å². The zero-order valence-electron chi connectivity index (χ0n) is 15.2. The first-order valence-corrected chi connectivity index (χ1v) is 9.66. The maximum atomic E-state index is 5.79. The van der Waals surface area contributed by atoms with Crippen LogP contribution in [-0.4, -0.2) is 4.98 Å². The summed E-state index contributed by atoms with van der Waals surface area (Å²) in [6.07, 6.45) is 10.5. The number of furan rings is 1. The lowest BCUT2D eigenvalue weighted by atomic mass is 9.83. The van der Waals surface area contributed by atoms with Crippen LogP contribution in [-0.2, 0) is 0 Å². The number of rotatable bonds is 2. The lowest BCUT2D eigenvalue weighted by Gasteiger charge is -2.22. The highest BCUT2D eigenvalue weighted by Gasteiger charge is 2.17. The quantitative estimate of drug-likeness (QED) is 0.392. The molecule has 0 amide bonds. The summed E-state index contributed by atoms with van der Waals surface area (Å²) in [4.78, 5) is 4.73. The van der Waals surface area contributed by atoms with Crippen LogP contribution in [0.4, 0.5) is 0 Å². The van der Waals surface area contributed by atoms with Crippen molar-refractivity contribution in [2.75, 3.05) is 0 Å². The van der Waals surface area contributed by atoms with Crippen LogP contribution < -0.4 is 0 Å². The number of aromatic nitrogens is 1. The Morgan fingerprint density at radius 1 is 0.923 bits per heavy atom. The van der Waals surface area contributed by atoms with E-state index in [0.29, 0.717) is 0 Å². The number of nitrogens with zero attached hydrogens (tertiary/aromatic N) is 1. The monoisotopic (exact) mass is 341 g/mol. The molecule has 1 aliphatic rings. The molecule has 0 bridgehead atoms. The van der Waals surface area contributed by atoms with Gasteiger partial charge in [-0.2, -0.15) is 0 Å². The molecule has 0 unspecified atom stereocenters. The van der Waals surface area contributed by atoms with Crippen LogP contribution in [0.3, 0.4) is 0 Å². The average Bonchev–Trinajstić information content (AvgIpc) is 3.15. The van der Waals surface area contributed by atoms with Gasteiger partial charge in [0.05, 0.1) is 12.0 Å². The van der Waals surface area contributed by atoms with Gasteiger partial charge in [0.25, 0.3) is 0 Å². The second-order valence-electron chi connectivity index (χ2n) is 7.63. The van der Waals surface area contributed by atoms with Crippen LogP contribution >= 0.6 is 0 Å². The van der Waals surface area contributed by atoms with Crippen LogP contribution in [0.2, 0.25) is 0 Å². The minimum atomic E-state index is 0.723. The van der Waals surface area contributed by atoms with Gasteiger partial charge in [-0.05, 0) is 66.5 Å². The maximum absolute atomic E-state index is 5.79. The zero-order chi connectivity index (χ0) is 17.5. The second kappa shape index (κ2) is 6.28. The summed E-state index contributed by atoms with van der Waals surface area (Å²) in [5.74, 6) is 0.723. The van der Waals surface area contributed by atoms with Gasteiger partial charge < -0.3 is 4.42 Å². The molecule has 0 atom stereocenters. The fraction of sp³-hybridized carbons (Fsp3) is 0.292. The van der Waals surface area contributed by atoms with E-state index >= 15 is 0 Å². The van der Waals surface area contributed by atoms with Gasteiger partial charge in [0, 0.05) is 22.5 Å². The Bertz CT molecular complexity index is 1090. The molecule has 1 fully saturated rings. The third kappa shape index (κ3) is 2.61. The molecule has 1 saturated carbocycles.